The van der Waals surface area contributed by atoms with Crippen LogP contribution < -0.4 is 5.32 Å². The van der Waals surface area contributed by atoms with Crippen LogP contribution in [0, 0.1) is 11.7 Å². The number of aromatic nitrogens is 8. The van der Waals surface area contributed by atoms with Crippen molar-refractivity contribution in [3.63, 3.8) is 0 Å². The molecular formula is C28H22FN9O. The Morgan fingerprint density at radius 1 is 0.974 bits per heavy atom. The largest absolute Gasteiger partial charge is 0.335 e. The maximum atomic E-state index is 16.1. The van der Waals surface area contributed by atoms with Crippen molar-refractivity contribution in [2.75, 3.05) is 5.32 Å². The highest BCUT2D eigenvalue weighted by molar-refractivity contribution is 5.97. The predicted molar refractivity (Wildman–Crippen MR) is 144 cm³/mol. The van der Waals surface area contributed by atoms with Gasteiger partial charge < -0.3 is 10.3 Å². The van der Waals surface area contributed by atoms with Gasteiger partial charge in [-0.05, 0) is 31.0 Å². The van der Waals surface area contributed by atoms with Gasteiger partial charge >= 0.3 is 0 Å². The molecule has 1 amide bonds. The summed E-state index contributed by atoms with van der Waals surface area (Å²) < 4.78 is 16.1. The van der Waals surface area contributed by atoms with Crippen LogP contribution in [0.3, 0.4) is 0 Å². The van der Waals surface area contributed by atoms with E-state index in [9.17, 15) is 4.79 Å². The van der Waals surface area contributed by atoms with E-state index in [0.29, 0.717) is 39.4 Å². The maximum absolute atomic E-state index is 16.1. The van der Waals surface area contributed by atoms with Crippen LogP contribution >= 0.6 is 0 Å². The van der Waals surface area contributed by atoms with Gasteiger partial charge in [-0.15, -0.1) is 0 Å². The molecule has 39 heavy (non-hydrogen) atoms. The molecule has 1 aliphatic rings. The van der Waals surface area contributed by atoms with E-state index in [0.717, 1.165) is 36.8 Å². The summed E-state index contributed by atoms with van der Waals surface area (Å²) in [6.45, 7) is 0. The minimum absolute atomic E-state index is 0.00493. The fourth-order valence-corrected chi connectivity index (χ4v) is 5.20. The summed E-state index contributed by atoms with van der Waals surface area (Å²) in [5, 5.41) is 10.4. The number of nitrogens with zero attached hydrogens (tertiary/aromatic N) is 6. The Kier molecular flexibility index (Phi) is 5.54. The zero-order valence-corrected chi connectivity index (χ0v) is 20.6. The van der Waals surface area contributed by atoms with Crippen LogP contribution in [-0.4, -0.2) is 46.0 Å². The molecule has 0 saturated heterocycles. The molecule has 7 rings (SSSR count). The van der Waals surface area contributed by atoms with Crippen LogP contribution in [0.1, 0.15) is 25.7 Å². The van der Waals surface area contributed by atoms with Crippen LogP contribution in [0.15, 0.2) is 61.4 Å². The summed E-state index contributed by atoms with van der Waals surface area (Å²) in [7, 11) is 0. The molecule has 6 aromatic rings. The Hall–Kier alpha value is -5.06. The third kappa shape index (κ3) is 4.08. The van der Waals surface area contributed by atoms with Crippen molar-refractivity contribution < 1.29 is 9.18 Å². The summed E-state index contributed by atoms with van der Waals surface area (Å²) in [6.07, 6.45) is 13.6. The number of carbonyl (C=O) groups is 1. The third-order valence-electron chi connectivity index (χ3n) is 7.14. The smallest absolute Gasteiger partial charge is 0.227 e. The Balaban J connectivity index is 1.28. The summed E-state index contributed by atoms with van der Waals surface area (Å²) in [4.78, 5) is 37.6. The fraction of sp³-hybridized carbons (Fsp3) is 0.179. The van der Waals surface area contributed by atoms with E-state index in [4.69, 9.17) is 0 Å². The molecule has 11 heteroatoms. The van der Waals surface area contributed by atoms with Crippen LogP contribution in [0.5, 0.6) is 0 Å². The molecule has 1 saturated carbocycles. The molecule has 0 radical (unpaired) electrons. The number of nitrogens with one attached hydrogen (secondary N) is 3. The molecule has 1 fully saturated rings. The highest BCUT2D eigenvalue weighted by Crippen LogP contribution is 2.34. The monoisotopic (exact) mass is 519 g/mol. The number of anilines is 1. The first-order valence-corrected chi connectivity index (χ1v) is 12.7. The Morgan fingerprint density at radius 2 is 1.85 bits per heavy atom. The molecule has 0 spiro atoms. The normalized spacial score (nSPS) is 13.9. The van der Waals surface area contributed by atoms with Crippen molar-refractivity contribution in [3.05, 3.63) is 67.3 Å². The van der Waals surface area contributed by atoms with Gasteiger partial charge in [0.2, 0.25) is 5.91 Å². The van der Waals surface area contributed by atoms with Crippen LogP contribution in [0.4, 0.5) is 10.1 Å². The zero-order valence-electron chi connectivity index (χ0n) is 20.6. The lowest BCUT2D eigenvalue weighted by Gasteiger charge is -2.11. The van der Waals surface area contributed by atoms with E-state index in [-0.39, 0.29) is 22.9 Å². The topological polar surface area (TPSA) is 138 Å². The van der Waals surface area contributed by atoms with Gasteiger partial charge in [-0.1, -0.05) is 18.9 Å². The minimum Gasteiger partial charge on any atom is -0.335 e. The standard InChI is InChI=1S/C28H22FN9O/c29-22-21-20(14-33-23(22)17-10-18(13-31-12-17)34-28(39)15-4-1-2-5-15)37-38-25(21)27-35-24-19(7-9-32-26(24)36-27)16-6-3-8-30-11-16/h3,6-15H,1-2,4-5H2,(H,34,39)(H,37,38)(H,32,35,36). The second-order valence-electron chi connectivity index (χ2n) is 9.60. The van der Waals surface area contributed by atoms with E-state index in [2.05, 4.69) is 45.4 Å². The third-order valence-corrected chi connectivity index (χ3v) is 7.14. The van der Waals surface area contributed by atoms with Crippen molar-refractivity contribution in [2.24, 2.45) is 5.92 Å². The first kappa shape index (κ1) is 23.1. The number of fused-ring (bicyclic) bond motifs is 2. The summed E-state index contributed by atoms with van der Waals surface area (Å²) in [5.41, 5.74) is 4.72. The zero-order chi connectivity index (χ0) is 26.3. The maximum Gasteiger partial charge on any atom is 0.227 e. The molecule has 0 aliphatic heterocycles. The van der Waals surface area contributed by atoms with Crippen LogP contribution in [0.2, 0.25) is 0 Å². The van der Waals surface area contributed by atoms with Crippen molar-refractivity contribution in [1.82, 2.24) is 40.1 Å². The fourth-order valence-electron chi connectivity index (χ4n) is 5.20. The summed E-state index contributed by atoms with van der Waals surface area (Å²) in [6, 6.07) is 7.36. The van der Waals surface area contributed by atoms with Gasteiger partial charge in [-0.2, -0.15) is 5.10 Å². The van der Waals surface area contributed by atoms with Crippen LogP contribution in [0.25, 0.3) is 56.0 Å². The first-order valence-electron chi connectivity index (χ1n) is 12.7. The second kappa shape index (κ2) is 9.35. The Labute approximate surface area is 221 Å². The predicted octanol–water partition coefficient (Wildman–Crippen LogP) is 5.29. The number of aromatic amines is 2. The lowest BCUT2D eigenvalue weighted by Crippen LogP contribution is -2.20. The molecule has 192 valence electrons. The molecular weight excluding hydrogens is 497 g/mol. The van der Waals surface area contributed by atoms with E-state index >= 15 is 4.39 Å². The van der Waals surface area contributed by atoms with Gasteiger partial charge in [0.15, 0.2) is 17.3 Å². The average molecular weight is 520 g/mol. The highest BCUT2D eigenvalue weighted by Gasteiger charge is 2.24. The van der Waals surface area contributed by atoms with Gasteiger partial charge in [-0.3, -0.25) is 24.8 Å². The molecule has 1 aliphatic carbocycles. The molecule has 0 unspecified atom stereocenters. The molecule has 0 atom stereocenters. The number of rotatable bonds is 5. The van der Waals surface area contributed by atoms with E-state index < -0.39 is 5.82 Å². The van der Waals surface area contributed by atoms with Crippen molar-refractivity contribution in [2.45, 2.75) is 25.7 Å². The molecule has 0 bridgehead atoms. The van der Waals surface area contributed by atoms with Crippen molar-refractivity contribution in [3.8, 4) is 33.9 Å². The number of amides is 1. The average Bonchev–Trinajstić information content (AvgIpc) is 3.73. The number of carbonyl (C=O) groups excluding carboxylic acids is 1. The molecule has 6 aromatic heterocycles. The number of hydrogen-bond acceptors (Lipinski definition) is 7. The number of hydrogen-bond donors (Lipinski definition) is 3. The van der Waals surface area contributed by atoms with Crippen LogP contribution in [-0.2, 0) is 4.79 Å². The van der Waals surface area contributed by atoms with Gasteiger partial charge in [0.1, 0.15) is 11.4 Å². The number of pyridine rings is 4. The quantitative estimate of drug-likeness (QED) is 0.281. The first-order chi connectivity index (χ1) is 19.2. The molecule has 6 heterocycles. The van der Waals surface area contributed by atoms with Crippen molar-refractivity contribution in [1.29, 1.82) is 0 Å². The van der Waals surface area contributed by atoms with Gasteiger partial charge in [0, 0.05) is 47.4 Å². The number of halogens is 1. The molecule has 10 nitrogen and oxygen atoms in total. The molecule has 0 aromatic carbocycles. The van der Waals surface area contributed by atoms with Gasteiger partial charge in [0.25, 0.3) is 0 Å². The SMILES string of the molecule is O=C(Nc1cncc(-c2ncc3[nH]nc(-c4nc5nccc(-c6cccnc6)c5[nH]4)c3c2F)c1)C1CCCC1. The van der Waals surface area contributed by atoms with Gasteiger partial charge in [0.05, 0.1) is 34.5 Å². The number of imidazole rings is 1. The molecule has 3 N–H and O–H groups in total. The van der Waals surface area contributed by atoms with Crippen molar-refractivity contribution >= 4 is 33.7 Å². The lowest BCUT2D eigenvalue weighted by molar-refractivity contribution is -0.119. The highest BCUT2D eigenvalue weighted by atomic mass is 19.1. The Bertz CT molecular complexity index is 1840. The summed E-state index contributed by atoms with van der Waals surface area (Å²) >= 11 is 0. The lowest BCUT2D eigenvalue weighted by atomic mass is 10.1. The van der Waals surface area contributed by atoms with E-state index in [1.54, 1.807) is 30.9 Å². The number of H-pyrrole nitrogens is 2. The summed E-state index contributed by atoms with van der Waals surface area (Å²) in [5.74, 6) is -0.230. The van der Waals surface area contributed by atoms with E-state index in [1.807, 2.05) is 18.2 Å². The minimum atomic E-state index is -0.571. The second-order valence-corrected chi connectivity index (χ2v) is 9.60. The van der Waals surface area contributed by atoms with E-state index in [1.165, 1.54) is 12.4 Å². The van der Waals surface area contributed by atoms with Gasteiger partial charge in [-0.25, -0.2) is 14.4 Å². The Morgan fingerprint density at radius 3 is 2.69 bits per heavy atom.